The van der Waals surface area contributed by atoms with E-state index in [4.69, 9.17) is 0 Å². The fourth-order valence-electron chi connectivity index (χ4n) is 3.87. The molecule has 1 saturated heterocycles. The Morgan fingerprint density at radius 1 is 1.17 bits per heavy atom. The van der Waals surface area contributed by atoms with Crippen LogP contribution in [0.5, 0.6) is 0 Å². The molecule has 0 spiro atoms. The molecule has 126 valence electrons. The van der Waals surface area contributed by atoms with Crippen molar-refractivity contribution < 1.29 is 4.79 Å². The number of piperidine rings is 1. The van der Waals surface area contributed by atoms with Crippen molar-refractivity contribution in [2.45, 2.75) is 57.5 Å². The van der Waals surface area contributed by atoms with Crippen LogP contribution in [0, 0.1) is 5.92 Å². The summed E-state index contributed by atoms with van der Waals surface area (Å²) in [6.07, 6.45) is 8.36. The number of carbonyl (C=O) groups is 1. The van der Waals surface area contributed by atoms with E-state index in [0.29, 0.717) is 6.04 Å². The molecule has 4 heteroatoms. The summed E-state index contributed by atoms with van der Waals surface area (Å²) in [5.74, 6) is 0.452. The topological polar surface area (TPSA) is 32.3 Å². The lowest BCUT2D eigenvalue weighted by molar-refractivity contribution is -0.127. The van der Waals surface area contributed by atoms with Crippen molar-refractivity contribution >= 4 is 21.8 Å². The van der Waals surface area contributed by atoms with Gasteiger partial charge in [0.15, 0.2) is 0 Å². The number of hydrogen-bond donors (Lipinski definition) is 1. The average molecular weight is 379 g/mol. The van der Waals surface area contributed by atoms with Crippen molar-refractivity contribution in [2.75, 3.05) is 13.1 Å². The fraction of sp³-hybridized carbons (Fsp3) is 0.632. The number of hydrogen-bond acceptors (Lipinski definition) is 2. The molecule has 0 radical (unpaired) electrons. The predicted octanol–water partition coefficient (Wildman–Crippen LogP) is 4.11. The Balaban J connectivity index is 1.52. The van der Waals surface area contributed by atoms with E-state index in [1.54, 1.807) is 0 Å². The lowest BCUT2D eigenvalue weighted by Gasteiger charge is -2.33. The third-order valence-electron chi connectivity index (χ3n) is 5.12. The molecule has 1 aromatic rings. The molecule has 1 aliphatic carbocycles. The van der Waals surface area contributed by atoms with E-state index in [0.717, 1.165) is 36.9 Å². The Labute approximate surface area is 148 Å². The maximum absolute atomic E-state index is 12.6. The van der Waals surface area contributed by atoms with Crippen LogP contribution < -0.4 is 5.32 Å². The number of amides is 1. The maximum atomic E-state index is 12.6. The molecule has 1 N–H and O–H groups in total. The molecule has 1 atom stereocenters. The first-order chi connectivity index (χ1) is 11.2. The summed E-state index contributed by atoms with van der Waals surface area (Å²) in [6, 6.07) is 8.90. The monoisotopic (exact) mass is 378 g/mol. The summed E-state index contributed by atoms with van der Waals surface area (Å²) in [7, 11) is 0. The lowest BCUT2D eigenvalue weighted by atomic mass is 9.93. The molecule has 2 aliphatic rings. The van der Waals surface area contributed by atoms with Gasteiger partial charge in [-0.15, -0.1) is 0 Å². The number of benzene rings is 1. The maximum Gasteiger partial charge on any atom is 0.224 e. The van der Waals surface area contributed by atoms with Gasteiger partial charge < -0.3 is 5.32 Å². The molecular formula is C19H27BrN2O. The van der Waals surface area contributed by atoms with Crippen LogP contribution in [0.1, 0.15) is 50.5 Å². The SMILES string of the molecule is O=C(NC1CCCCC1)C1CCCN(Cc2cccc(Br)c2)C1. The fourth-order valence-corrected chi connectivity index (χ4v) is 4.32. The van der Waals surface area contributed by atoms with Gasteiger partial charge in [0.2, 0.25) is 5.91 Å². The van der Waals surface area contributed by atoms with Crippen LogP contribution in [-0.2, 0) is 11.3 Å². The third kappa shape index (κ3) is 5.05. The molecule has 3 nitrogen and oxygen atoms in total. The first-order valence-corrected chi connectivity index (χ1v) is 9.77. The summed E-state index contributed by atoms with van der Waals surface area (Å²) in [4.78, 5) is 15.0. The highest BCUT2D eigenvalue weighted by atomic mass is 79.9. The molecular weight excluding hydrogens is 352 g/mol. The van der Waals surface area contributed by atoms with Gasteiger partial charge in [0.1, 0.15) is 0 Å². The predicted molar refractivity (Wildman–Crippen MR) is 97.2 cm³/mol. The number of rotatable bonds is 4. The largest absolute Gasteiger partial charge is 0.353 e. The lowest BCUT2D eigenvalue weighted by Crippen LogP contribution is -2.46. The van der Waals surface area contributed by atoms with Gasteiger partial charge in [0, 0.05) is 23.6 Å². The van der Waals surface area contributed by atoms with Crippen molar-refractivity contribution in [3.05, 3.63) is 34.3 Å². The normalized spacial score (nSPS) is 23.6. The highest BCUT2D eigenvalue weighted by molar-refractivity contribution is 9.10. The van der Waals surface area contributed by atoms with Gasteiger partial charge in [0.05, 0.1) is 5.92 Å². The van der Waals surface area contributed by atoms with E-state index in [1.807, 2.05) is 0 Å². The smallest absolute Gasteiger partial charge is 0.224 e. The van der Waals surface area contributed by atoms with Gasteiger partial charge in [-0.1, -0.05) is 47.3 Å². The first-order valence-electron chi connectivity index (χ1n) is 8.98. The highest BCUT2D eigenvalue weighted by Crippen LogP contribution is 2.22. The zero-order chi connectivity index (χ0) is 16.1. The van der Waals surface area contributed by atoms with Crippen LogP contribution in [0.2, 0.25) is 0 Å². The summed E-state index contributed by atoms with van der Waals surface area (Å²) in [5.41, 5.74) is 1.31. The van der Waals surface area contributed by atoms with Gasteiger partial charge in [-0.2, -0.15) is 0 Å². The minimum Gasteiger partial charge on any atom is -0.353 e. The second-order valence-electron chi connectivity index (χ2n) is 7.05. The van der Waals surface area contributed by atoms with Crippen molar-refractivity contribution in [2.24, 2.45) is 5.92 Å². The molecule has 1 heterocycles. The van der Waals surface area contributed by atoms with Gasteiger partial charge in [-0.25, -0.2) is 0 Å². The van der Waals surface area contributed by atoms with Crippen LogP contribution >= 0.6 is 15.9 Å². The van der Waals surface area contributed by atoms with E-state index in [-0.39, 0.29) is 11.8 Å². The summed E-state index contributed by atoms with van der Waals surface area (Å²) < 4.78 is 1.12. The van der Waals surface area contributed by atoms with Crippen LogP contribution in [-0.4, -0.2) is 29.9 Å². The summed E-state index contributed by atoms with van der Waals surface area (Å²) in [6.45, 7) is 2.93. The van der Waals surface area contributed by atoms with E-state index in [2.05, 4.69) is 50.4 Å². The second-order valence-corrected chi connectivity index (χ2v) is 7.96. The Morgan fingerprint density at radius 3 is 2.78 bits per heavy atom. The molecule has 0 aromatic heterocycles. The molecule has 1 aromatic carbocycles. The number of halogens is 1. The molecule has 0 bridgehead atoms. The van der Waals surface area contributed by atoms with Gasteiger partial charge in [0.25, 0.3) is 0 Å². The van der Waals surface area contributed by atoms with Gasteiger partial charge in [-0.05, 0) is 49.9 Å². The molecule has 1 aliphatic heterocycles. The van der Waals surface area contributed by atoms with E-state index in [9.17, 15) is 4.79 Å². The van der Waals surface area contributed by atoms with Crippen LogP contribution in [0.3, 0.4) is 0 Å². The molecule has 23 heavy (non-hydrogen) atoms. The Hall–Kier alpha value is -0.870. The first kappa shape index (κ1) is 17.0. The van der Waals surface area contributed by atoms with E-state index >= 15 is 0 Å². The average Bonchev–Trinajstić information content (AvgIpc) is 2.56. The zero-order valence-electron chi connectivity index (χ0n) is 13.8. The standard InChI is InChI=1S/C19H27BrN2O/c20-17-8-4-6-15(12-17)13-22-11-5-7-16(14-22)19(23)21-18-9-2-1-3-10-18/h4,6,8,12,16,18H,1-3,5,7,9-11,13-14H2,(H,21,23). The Morgan fingerprint density at radius 2 is 2.00 bits per heavy atom. The van der Waals surface area contributed by atoms with Crippen molar-refractivity contribution in [3.63, 3.8) is 0 Å². The van der Waals surface area contributed by atoms with Crippen LogP contribution in [0.25, 0.3) is 0 Å². The van der Waals surface area contributed by atoms with Gasteiger partial charge in [-0.3, -0.25) is 9.69 Å². The van der Waals surface area contributed by atoms with E-state index in [1.165, 1.54) is 37.7 Å². The number of nitrogens with one attached hydrogen (secondary N) is 1. The van der Waals surface area contributed by atoms with Gasteiger partial charge >= 0.3 is 0 Å². The summed E-state index contributed by atoms with van der Waals surface area (Å²) in [5, 5.41) is 3.31. The van der Waals surface area contributed by atoms with E-state index < -0.39 is 0 Å². The molecule has 1 amide bonds. The molecule has 1 saturated carbocycles. The quantitative estimate of drug-likeness (QED) is 0.854. The Bertz CT molecular complexity index is 528. The summed E-state index contributed by atoms with van der Waals surface area (Å²) >= 11 is 3.53. The molecule has 2 fully saturated rings. The minimum absolute atomic E-state index is 0.165. The number of nitrogens with zero attached hydrogens (tertiary/aromatic N) is 1. The second kappa shape index (κ2) is 8.29. The highest BCUT2D eigenvalue weighted by Gasteiger charge is 2.27. The number of likely N-dealkylation sites (tertiary alicyclic amines) is 1. The third-order valence-corrected chi connectivity index (χ3v) is 5.62. The van der Waals surface area contributed by atoms with Crippen molar-refractivity contribution in [1.82, 2.24) is 10.2 Å². The number of carbonyl (C=O) groups excluding carboxylic acids is 1. The van der Waals surface area contributed by atoms with Crippen LogP contribution in [0.15, 0.2) is 28.7 Å². The van der Waals surface area contributed by atoms with Crippen molar-refractivity contribution in [3.8, 4) is 0 Å². The Kier molecular flexibility index (Phi) is 6.12. The van der Waals surface area contributed by atoms with Crippen LogP contribution in [0.4, 0.5) is 0 Å². The zero-order valence-corrected chi connectivity index (χ0v) is 15.4. The van der Waals surface area contributed by atoms with Crippen molar-refractivity contribution in [1.29, 1.82) is 0 Å². The molecule has 3 rings (SSSR count). The molecule has 1 unspecified atom stereocenters. The minimum atomic E-state index is 0.165.